The minimum absolute atomic E-state index is 0.115. The van der Waals surface area contributed by atoms with Crippen molar-refractivity contribution in [2.75, 3.05) is 0 Å². The quantitative estimate of drug-likeness (QED) is 0.703. The first-order valence-electron chi connectivity index (χ1n) is 13.5. The van der Waals surface area contributed by atoms with E-state index in [1.807, 2.05) is 6.92 Å². The van der Waals surface area contributed by atoms with E-state index < -0.39 is 5.60 Å². The third-order valence-electron chi connectivity index (χ3n) is 11.0. The first-order valence-corrected chi connectivity index (χ1v) is 13.5. The van der Waals surface area contributed by atoms with E-state index in [0.717, 1.165) is 42.9 Å². The fourth-order valence-electron chi connectivity index (χ4n) is 9.54. The highest BCUT2D eigenvalue weighted by Gasteiger charge is 2.63. The maximum absolute atomic E-state index is 13.6. The Kier molecular flexibility index (Phi) is 5.07. The Morgan fingerprint density at radius 2 is 1.85 bits per heavy atom. The van der Waals surface area contributed by atoms with Crippen molar-refractivity contribution in [1.82, 2.24) is 9.78 Å². The number of carbonyl (C=O) groups excluding carboxylic acids is 1. The lowest BCUT2D eigenvalue weighted by Crippen LogP contribution is -2.52. The second-order valence-corrected chi connectivity index (χ2v) is 12.9. The number of nitrogens with zero attached hydrogens (tertiary/aromatic N) is 3. The van der Waals surface area contributed by atoms with Gasteiger partial charge in [0.25, 0.3) is 0 Å². The smallest absolute Gasteiger partial charge is 0.157 e. The molecular formula is C28H39N3O2. The normalized spacial score (nSPS) is 46.7. The van der Waals surface area contributed by atoms with Gasteiger partial charge in [-0.3, -0.25) is 9.48 Å². The van der Waals surface area contributed by atoms with Gasteiger partial charge in [-0.1, -0.05) is 6.92 Å². The van der Waals surface area contributed by atoms with Crippen molar-refractivity contribution in [3.05, 3.63) is 18.0 Å². The summed E-state index contributed by atoms with van der Waals surface area (Å²) in [7, 11) is 0. The Hall–Kier alpha value is -1.67. The van der Waals surface area contributed by atoms with Crippen molar-refractivity contribution >= 4 is 5.78 Å². The molecule has 1 aromatic heterocycles. The molecule has 5 saturated carbocycles. The highest BCUT2D eigenvalue weighted by atomic mass is 16.3. The molecule has 0 aromatic carbocycles. The molecule has 0 bridgehead atoms. The van der Waals surface area contributed by atoms with Crippen molar-refractivity contribution in [2.24, 2.45) is 52.8 Å². The number of aliphatic hydroxyl groups is 1. The Morgan fingerprint density at radius 3 is 2.58 bits per heavy atom. The van der Waals surface area contributed by atoms with Gasteiger partial charge in [0.1, 0.15) is 6.07 Å². The first-order chi connectivity index (χ1) is 15.8. The van der Waals surface area contributed by atoms with Gasteiger partial charge >= 0.3 is 0 Å². The first kappa shape index (κ1) is 21.8. The van der Waals surface area contributed by atoms with Crippen LogP contribution in [-0.2, 0) is 11.3 Å². The molecule has 9 atom stereocenters. The molecule has 5 fully saturated rings. The summed E-state index contributed by atoms with van der Waals surface area (Å²) >= 11 is 0. The predicted molar refractivity (Wildman–Crippen MR) is 125 cm³/mol. The molecule has 0 spiro atoms. The number of ketones is 1. The minimum Gasteiger partial charge on any atom is -0.390 e. The molecule has 1 unspecified atom stereocenters. The summed E-state index contributed by atoms with van der Waals surface area (Å²) in [6.45, 7) is 4.81. The molecule has 1 heterocycles. The molecule has 0 aliphatic heterocycles. The topological polar surface area (TPSA) is 78.9 Å². The minimum atomic E-state index is -0.462. The fourth-order valence-corrected chi connectivity index (χ4v) is 9.54. The second kappa shape index (κ2) is 7.67. The van der Waals surface area contributed by atoms with Crippen molar-refractivity contribution in [3.63, 3.8) is 0 Å². The molecule has 5 nitrogen and oxygen atoms in total. The summed E-state index contributed by atoms with van der Waals surface area (Å²) in [4.78, 5) is 13.6. The lowest BCUT2D eigenvalue weighted by molar-refractivity contribution is -0.134. The molecule has 6 rings (SSSR count). The SMILES string of the molecule is C[C@@]1(O)CC[C@H]2[C@H](CC[C@@H]3[C@@H]2CC[C@]2(C)C(C(=O)Cn4cc(C#N)cn4)C[C@@H](C4CC4)[C@@H]32)C1. The number of nitriles is 1. The van der Waals surface area contributed by atoms with Crippen molar-refractivity contribution in [3.8, 4) is 6.07 Å². The Balaban J connectivity index is 1.25. The fraction of sp³-hybridized carbons (Fsp3) is 0.821. The van der Waals surface area contributed by atoms with Crippen LogP contribution in [0, 0.1) is 64.1 Å². The number of Topliss-reactive ketones (excluding diaryl/α,β-unsaturated/α-hetero) is 1. The van der Waals surface area contributed by atoms with E-state index in [1.54, 1.807) is 17.1 Å². The van der Waals surface area contributed by atoms with Gasteiger partial charge < -0.3 is 5.11 Å². The Labute approximate surface area is 197 Å². The predicted octanol–water partition coefficient (Wildman–Crippen LogP) is 4.98. The highest BCUT2D eigenvalue weighted by Crippen LogP contribution is 2.69. The van der Waals surface area contributed by atoms with Crippen LogP contribution in [0.15, 0.2) is 12.4 Å². The van der Waals surface area contributed by atoms with Gasteiger partial charge in [0.2, 0.25) is 0 Å². The average Bonchev–Trinajstić information content (AvgIpc) is 3.43. The van der Waals surface area contributed by atoms with Gasteiger partial charge in [-0.2, -0.15) is 10.4 Å². The van der Waals surface area contributed by atoms with Gasteiger partial charge in [0.05, 0.1) is 23.9 Å². The molecule has 5 heteroatoms. The molecule has 0 amide bonds. The molecular weight excluding hydrogens is 410 g/mol. The highest BCUT2D eigenvalue weighted by molar-refractivity contribution is 5.82. The summed E-state index contributed by atoms with van der Waals surface area (Å²) < 4.78 is 1.68. The van der Waals surface area contributed by atoms with E-state index in [0.29, 0.717) is 35.6 Å². The van der Waals surface area contributed by atoms with Gasteiger partial charge in [-0.25, -0.2) is 0 Å². The average molecular weight is 450 g/mol. The summed E-state index contributed by atoms with van der Waals surface area (Å²) in [6.07, 6.45) is 15.2. The number of rotatable bonds is 4. The number of hydrogen-bond donors (Lipinski definition) is 1. The summed E-state index contributed by atoms with van der Waals surface area (Å²) in [6, 6.07) is 2.12. The zero-order chi connectivity index (χ0) is 23.0. The zero-order valence-corrected chi connectivity index (χ0v) is 20.2. The maximum Gasteiger partial charge on any atom is 0.157 e. The van der Waals surface area contributed by atoms with E-state index in [-0.39, 0.29) is 11.3 Å². The van der Waals surface area contributed by atoms with Crippen LogP contribution in [0.3, 0.4) is 0 Å². The van der Waals surface area contributed by atoms with Gasteiger partial charge in [-0.05, 0) is 118 Å². The third-order valence-corrected chi connectivity index (χ3v) is 11.0. The zero-order valence-electron chi connectivity index (χ0n) is 20.2. The van der Waals surface area contributed by atoms with Crippen molar-refractivity contribution in [2.45, 2.75) is 90.2 Å². The van der Waals surface area contributed by atoms with Gasteiger partial charge in [0.15, 0.2) is 5.78 Å². The van der Waals surface area contributed by atoms with E-state index in [9.17, 15) is 9.90 Å². The lowest BCUT2D eigenvalue weighted by Gasteiger charge is -2.57. The van der Waals surface area contributed by atoms with Crippen molar-refractivity contribution in [1.29, 1.82) is 5.26 Å². The lowest BCUT2D eigenvalue weighted by atomic mass is 9.48. The molecule has 178 valence electrons. The van der Waals surface area contributed by atoms with Crippen molar-refractivity contribution < 1.29 is 9.90 Å². The molecule has 5 aliphatic carbocycles. The molecule has 0 saturated heterocycles. The Morgan fingerprint density at radius 1 is 1.09 bits per heavy atom. The molecule has 1 N–H and O–H groups in total. The number of carbonyl (C=O) groups is 1. The van der Waals surface area contributed by atoms with E-state index in [2.05, 4.69) is 18.1 Å². The number of fused-ring (bicyclic) bond motifs is 5. The summed E-state index contributed by atoms with van der Waals surface area (Å²) in [5.41, 5.74) is 0.179. The van der Waals surface area contributed by atoms with Gasteiger partial charge in [-0.15, -0.1) is 0 Å². The van der Waals surface area contributed by atoms with Crippen LogP contribution in [-0.4, -0.2) is 26.3 Å². The van der Waals surface area contributed by atoms with Crippen LogP contribution in [0.1, 0.15) is 83.6 Å². The monoisotopic (exact) mass is 449 g/mol. The van der Waals surface area contributed by atoms with E-state index in [1.165, 1.54) is 44.9 Å². The molecule has 33 heavy (non-hydrogen) atoms. The van der Waals surface area contributed by atoms with Crippen LogP contribution in [0.4, 0.5) is 0 Å². The second-order valence-electron chi connectivity index (χ2n) is 12.9. The largest absolute Gasteiger partial charge is 0.390 e. The molecule has 5 aliphatic rings. The standard InChI is InChI=1S/C28H39N3O2/c1-27(33)9-7-20-19(12-27)5-6-22-21(20)8-10-28(2)24(11-23(26(22)28)18-3-4-18)25(32)16-31-15-17(13-29)14-30-31/h14-15,18-24,26,33H,3-12,16H2,1-2H3/t19-,20+,21-,22-,23+,24?,26-,27-,28-/m1/s1. The maximum atomic E-state index is 13.6. The van der Waals surface area contributed by atoms with Crippen LogP contribution >= 0.6 is 0 Å². The van der Waals surface area contributed by atoms with E-state index >= 15 is 0 Å². The Bertz CT molecular complexity index is 972. The molecule has 1 aromatic rings. The molecule has 0 radical (unpaired) electrons. The summed E-state index contributed by atoms with van der Waals surface area (Å²) in [5, 5.41) is 24.1. The van der Waals surface area contributed by atoms with Crippen LogP contribution in [0.25, 0.3) is 0 Å². The van der Waals surface area contributed by atoms with Crippen LogP contribution < -0.4 is 0 Å². The van der Waals surface area contributed by atoms with E-state index in [4.69, 9.17) is 5.26 Å². The summed E-state index contributed by atoms with van der Waals surface area (Å²) in [5.74, 6) is 5.77. The van der Waals surface area contributed by atoms with Gasteiger partial charge in [0, 0.05) is 12.1 Å². The van der Waals surface area contributed by atoms with Crippen LogP contribution in [0.2, 0.25) is 0 Å². The van der Waals surface area contributed by atoms with Crippen LogP contribution in [0.5, 0.6) is 0 Å². The number of hydrogen-bond acceptors (Lipinski definition) is 4. The number of aromatic nitrogens is 2. The third kappa shape index (κ3) is 3.59.